The van der Waals surface area contributed by atoms with E-state index in [1.165, 1.54) is 25.8 Å². The van der Waals surface area contributed by atoms with Gasteiger partial charge in [0.05, 0.1) is 0 Å². The van der Waals surface area contributed by atoms with E-state index in [2.05, 4.69) is 24.8 Å². The third kappa shape index (κ3) is 5.08. The molecule has 0 radical (unpaired) electrons. The van der Waals surface area contributed by atoms with Gasteiger partial charge in [0.15, 0.2) is 0 Å². The van der Waals surface area contributed by atoms with Gasteiger partial charge in [0, 0.05) is 23.7 Å². The monoisotopic (exact) mass is 294 g/mol. The first-order chi connectivity index (χ1) is 9.56. The van der Waals surface area contributed by atoms with E-state index >= 15 is 0 Å². The van der Waals surface area contributed by atoms with Crippen molar-refractivity contribution < 1.29 is 0 Å². The van der Waals surface area contributed by atoms with Crippen molar-refractivity contribution in [2.75, 3.05) is 13.1 Å². The van der Waals surface area contributed by atoms with Crippen molar-refractivity contribution in [1.82, 2.24) is 4.90 Å². The van der Waals surface area contributed by atoms with Crippen LogP contribution in [0.4, 0.5) is 0 Å². The second-order valence-corrected chi connectivity index (χ2v) is 6.84. The third-order valence-electron chi connectivity index (χ3n) is 4.06. The highest BCUT2D eigenvalue weighted by Gasteiger charge is 2.28. The summed E-state index contributed by atoms with van der Waals surface area (Å²) in [7, 11) is 0. The summed E-state index contributed by atoms with van der Waals surface area (Å²) in [5.74, 6) is 0.776. The minimum absolute atomic E-state index is 0.0917. The van der Waals surface area contributed by atoms with Crippen molar-refractivity contribution >= 4 is 11.6 Å². The van der Waals surface area contributed by atoms with Crippen molar-refractivity contribution in [3.63, 3.8) is 0 Å². The van der Waals surface area contributed by atoms with Crippen LogP contribution in [0.3, 0.4) is 0 Å². The zero-order valence-electron chi connectivity index (χ0n) is 12.7. The van der Waals surface area contributed by atoms with Gasteiger partial charge in [0.2, 0.25) is 0 Å². The van der Waals surface area contributed by atoms with Crippen LogP contribution in [0.25, 0.3) is 0 Å². The fourth-order valence-corrected chi connectivity index (χ4v) is 2.75. The lowest BCUT2D eigenvalue weighted by Crippen LogP contribution is -2.31. The Labute approximate surface area is 128 Å². The molecule has 2 rings (SSSR count). The highest BCUT2D eigenvalue weighted by Crippen LogP contribution is 2.28. The van der Waals surface area contributed by atoms with E-state index in [4.69, 9.17) is 17.3 Å². The van der Waals surface area contributed by atoms with E-state index in [1.807, 2.05) is 18.2 Å². The molecule has 1 unspecified atom stereocenters. The van der Waals surface area contributed by atoms with E-state index < -0.39 is 0 Å². The maximum Gasteiger partial charge on any atom is 0.0409 e. The van der Waals surface area contributed by atoms with Gasteiger partial charge in [-0.05, 0) is 55.8 Å². The number of nitrogens with two attached hydrogens (primary N) is 1. The molecule has 1 aliphatic rings. The first-order valence-electron chi connectivity index (χ1n) is 7.81. The van der Waals surface area contributed by atoms with Crippen LogP contribution in [0.1, 0.15) is 51.1 Å². The summed E-state index contributed by atoms with van der Waals surface area (Å²) in [5.41, 5.74) is 7.45. The molecule has 20 heavy (non-hydrogen) atoms. The lowest BCUT2D eigenvalue weighted by Gasteiger charge is -2.24. The predicted molar refractivity (Wildman–Crippen MR) is 87.0 cm³/mol. The van der Waals surface area contributed by atoms with Gasteiger partial charge in [-0.15, -0.1) is 0 Å². The second-order valence-electron chi connectivity index (χ2n) is 6.40. The topological polar surface area (TPSA) is 29.3 Å². The number of rotatable bonds is 8. The molecule has 1 saturated carbocycles. The van der Waals surface area contributed by atoms with Crippen molar-refractivity contribution in [2.24, 2.45) is 11.7 Å². The maximum atomic E-state index is 6.30. The molecule has 0 heterocycles. The predicted octanol–water partition coefficient (Wildman–Crippen LogP) is 4.24. The molecule has 0 aliphatic heterocycles. The molecule has 1 aromatic carbocycles. The van der Waals surface area contributed by atoms with E-state index in [1.54, 1.807) is 0 Å². The molecular weight excluding hydrogens is 268 g/mol. The van der Waals surface area contributed by atoms with Gasteiger partial charge in [0.1, 0.15) is 0 Å². The van der Waals surface area contributed by atoms with Crippen LogP contribution in [-0.4, -0.2) is 24.0 Å². The summed E-state index contributed by atoms with van der Waals surface area (Å²) in [6.07, 6.45) is 5.02. The summed E-state index contributed by atoms with van der Waals surface area (Å²) in [5, 5.41) is 0.775. The van der Waals surface area contributed by atoms with Gasteiger partial charge in [0.25, 0.3) is 0 Å². The Hall–Kier alpha value is -0.570. The largest absolute Gasteiger partial charge is 0.324 e. The molecule has 2 N–H and O–H groups in total. The molecule has 1 atom stereocenters. The molecule has 0 aromatic heterocycles. The van der Waals surface area contributed by atoms with Gasteiger partial charge in [-0.1, -0.05) is 37.6 Å². The Morgan fingerprint density at radius 2 is 1.95 bits per heavy atom. The maximum absolute atomic E-state index is 6.30. The molecule has 1 fully saturated rings. The molecule has 3 heteroatoms. The lowest BCUT2D eigenvalue weighted by atomic mass is 10.0. The Kier molecular flexibility index (Phi) is 5.88. The first-order valence-corrected chi connectivity index (χ1v) is 8.19. The number of benzene rings is 1. The highest BCUT2D eigenvalue weighted by atomic mass is 35.5. The van der Waals surface area contributed by atoms with Crippen LogP contribution >= 0.6 is 11.6 Å². The summed E-state index contributed by atoms with van der Waals surface area (Å²) in [6, 6.07) is 8.86. The van der Waals surface area contributed by atoms with Crippen molar-refractivity contribution in [3.05, 3.63) is 34.9 Å². The summed E-state index contributed by atoms with van der Waals surface area (Å²) in [6.45, 7) is 6.90. The molecule has 0 spiro atoms. The second kappa shape index (κ2) is 7.44. The molecular formula is C17H27ClN2. The van der Waals surface area contributed by atoms with Gasteiger partial charge >= 0.3 is 0 Å². The number of hydrogen-bond acceptors (Lipinski definition) is 2. The quantitative estimate of drug-likeness (QED) is 0.777. The minimum Gasteiger partial charge on any atom is -0.324 e. The molecule has 2 nitrogen and oxygen atoms in total. The first kappa shape index (κ1) is 15.8. The zero-order valence-corrected chi connectivity index (χ0v) is 13.4. The van der Waals surface area contributed by atoms with E-state index in [9.17, 15) is 0 Å². The van der Waals surface area contributed by atoms with Crippen molar-refractivity contribution in [3.8, 4) is 0 Å². The molecule has 112 valence electrons. The van der Waals surface area contributed by atoms with Crippen LogP contribution in [0, 0.1) is 5.92 Å². The Bertz CT molecular complexity index is 415. The molecule has 0 bridgehead atoms. The summed E-state index contributed by atoms with van der Waals surface area (Å²) < 4.78 is 0. The van der Waals surface area contributed by atoms with Crippen LogP contribution in [0.5, 0.6) is 0 Å². The average Bonchev–Trinajstić information content (AvgIpc) is 3.22. The summed E-state index contributed by atoms with van der Waals surface area (Å²) >= 11 is 6.03. The van der Waals surface area contributed by atoms with Crippen LogP contribution < -0.4 is 5.73 Å². The van der Waals surface area contributed by atoms with Crippen molar-refractivity contribution in [1.29, 1.82) is 0 Å². The van der Waals surface area contributed by atoms with Crippen LogP contribution in [-0.2, 0) is 0 Å². The Balaban J connectivity index is 1.82. The smallest absolute Gasteiger partial charge is 0.0409 e. The van der Waals surface area contributed by atoms with Gasteiger partial charge in [-0.25, -0.2) is 0 Å². The van der Waals surface area contributed by atoms with Crippen LogP contribution in [0.2, 0.25) is 5.02 Å². The Morgan fingerprint density at radius 3 is 2.55 bits per heavy atom. The number of hydrogen-bond donors (Lipinski definition) is 1. The fraction of sp³-hybridized carbons (Fsp3) is 0.647. The lowest BCUT2D eigenvalue weighted by molar-refractivity contribution is 0.239. The Morgan fingerprint density at radius 1 is 1.25 bits per heavy atom. The molecule has 1 aromatic rings. The molecule has 0 saturated heterocycles. The van der Waals surface area contributed by atoms with Crippen LogP contribution in [0.15, 0.2) is 24.3 Å². The van der Waals surface area contributed by atoms with Gasteiger partial charge in [-0.2, -0.15) is 0 Å². The SMILES string of the molecule is CC(C)CCN(CCC(N)c1cccc(Cl)c1)C1CC1. The van der Waals surface area contributed by atoms with E-state index in [0.717, 1.165) is 35.5 Å². The van der Waals surface area contributed by atoms with E-state index in [-0.39, 0.29) is 6.04 Å². The summed E-state index contributed by atoms with van der Waals surface area (Å²) in [4.78, 5) is 2.63. The molecule has 1 aliphatic carbocycles. The molecule has 0 amide bonds. The number of halogens is 1. The van der Waals surface area contributed by atoms with Gasteiger partial charge in [-0.3, -0.25) is 0 Å². The zero-order chi connectivity index (χ0) is 14.5. The average molecular weight is 295 g/mol. The standard InChI is InChI=1S/C17H27ClN2/c1-13(2)8-10-20(16-6-7-16)11-9-17(19)14-4-3-5-15(18)12-14/h3-5,12-13,16-17H,6-11,19H2,1-2H3. The number of nitrogens with zero attached hydrogens (tertiary/aromatic N) is 1. The van der Waals surface area contributed by atoms with E-state index in [0.29, 0.717) is 0 Å². The van der Waals surface area contributed by atoms with Gasteiger partial charge < -0.3 is 10.6 Å². The normalized spacial score (nSPS) is 16.9. The van der Waals surface area contributed by atoms with Crippen molar-refractivity contribution in [2.45, 2.75) is 51.6 Å². The minimum atomic E-state index is 0.0917. The highest BCUT2D eigenvalue weighted by molar-refractivity contribution is 6.30. The fourth-order valence-electron chi connectivity index (χ4n) is 2.55. The third-order valence-corrected chi connectivity index (χ3v) is 4.30.